The fraction of sp³-hybridized carbons (Fsp3) is 0.550. The van der Waals surface area contributed by atoms with Crippen LogP contribution < -0.4 is 9.47 Å². The van der Waals surface area contributed by atoms with E-state index in [4.69, 9.17) is 14.2 Å². The molecular formula is C20H27IO4. The molecule has 0 bridgehead atoms. The van der Waals surface area contributed by atoms with Gasteiger partial charge in [-0.2, -0.15) is 0 Å². The predicted octanol–water partition coefficient (Wildman–Crippen LogP) is 5.22. The van der Waals surface area contributed by atoms with Crippen molar-refractivity contribution in [2.24, 2.45) is 5.92 Å². The molecular weight excluding hydrogens is 431 g/mol. The number of carbonyl (C=O) groups excluding carboxylic acids is 1. The summed E-state index contributed by atoms with van der Waals surface area (Å²) in [5.41, 5.74) is 0.621. The fourth-order valence-electron chi connectivity index (χ4n) is 3.27. The average molecular weight is 458 g/mol. The van der Waals surface area contributed by atoms with Crippen molar-refractivity contribution < 1.29 is 19.0 Å². The van der Waals surface area contributed by atoms with Gasteiger partial charge in [-0.1, -0.05) is 26.5 Å². The minimum atomic E-state index is -0.330. The van der Waals surface area contributed by atoms with Crippen molar-refractivity contribution in [2.75, 3.05) is 13.2 Å². The highest BCUT2D eigenvalue weighted by Crippen LogP contribution is 2.39. The summed E-state index contributed by atoms with van der Waals surface area (Å²) in [6.45, 7) is 10.3. The maximum atomic E-state index is 12.4. The predicted molar refractivity (Wildman–Crippen MR) is 108 cm³/mol. The van der Waals surface area contributed by atoms with Gasteiger partial charge in [0.1, 0.15) is 5.60 Å². The number of hydrogen-bond donors (Lipinski definition) is 0. The van der Waals surface area contributed by atoms with Crippen molar-refractivity contribution in [3.8, 4) is 11.5 Å². The SMILES string of the molecule is C=Cc1cc(I)c(OCC(=O)OC2(C(C)C)CCCC2)c(OCC)c1. The van der Waals surface area contributed by atoms with Crippen molar-refractivity contribution in [1.29, 1.82) is 0 Å². The van der Waals surface area contributed by atoms with E-state index in [0.717, 1.165) is 34.8 Å². The van der Waals surface area contributed by atoms with Crippen LogP contribution in [0, 0.1) is 9.49 Å². The van der Waals surface area contributed by atoms with Crippen LogP contribution in [0.2, 0.25) is 0 Å². The Balaban J connectivity index is 2.07. The van der Waals surface area contributed by atoms with Crippen LogP contribution in [0.1, 0.15) is 52.0 Å². The molecule has 1 aromatic rings. The number of hydrogen-bond acceptors (Lipinski definition) is 4. The zero-order valence-corrected chi connectivity index (χ0v) is 17.4. The first kappa shape index (κ1) is 20.1. The molecule has 1 aromatic carbocycles. The third kappa shape index (κ3) is 4.90. The lowest BCUT2D eigenvalue weighted by atomic mass is 9.88. The van der Waals surface area contributed by atoms with Crippen LogP contribution in [0.3, 0.4) is 0 Å². The second kappa shape index (κ2) is 8.92. The summed E-state index contributed by atoms with van der Waals surface area (Å²) in [6, 6.07) is 3.81. The highest BCUT2D eigenvalue weighted by Gasteiger charge is 2.40. The van der Waals surface area contributed by atoms with Crippen molar-refractivity contribution in [2.45, 2.75) is 52.1 Å². The topological polar surface area (TPSA) is 44.8 Å². The highest BCUT2D eigenvalue weighted by atomic mass is 127. The van der Waals surface area contributed by atoms with Crippen molar-refractivity contribution in [3.63, 3.8) is 0 Å². The zero-order chi connectivity index (χ0) is 18.4. The minimum Gasteiger partial charge on any atom is -0.490 e. The molecule has 0 spiro atoms. The van der Waals surface area contributed by atoms with Gasteiger partial charge in [-0.05, 0) is 78.8 Å². The van der Waals surface area contributed by atoms with E-state index in [1.165, 1.54) is 0 Å². The van der Waals surface area contributed by atoms with E-state index >= 15 is 0 Å². The number of ether oxygens (including phenoxy) is 3. The summed E-state index contributed by atoms with van der Waals surface area (Å²) in [5.74, 6) is 1.19. The largest absolute Gasteiger partial charge is 0.490 e. The average Bonchev–Trinajstić information content (AvgIpc) is 3.04. The number of carbonyl (C=O) groups is 1. The van der Waals surface area contributed by atoms with Gasteiger partial charge < -0.3 is 14.2 Å². The lowest BCUT2D eigenvalue weighted by molar-refractivity contribution is -0.166. The molecule has 25 heavy (non-hydrogen) atoms. The third-order valence-corrected chi connectivity index (χ3v) is 5.52. The maximum absolute atomic E-state index is 12.4. The quantitative estimate of drug-likeness (QED) is 0.396. The van der Waals surface area contributed by atoms with E-state index in [9.17, 15) is 4.79 Å². The molecule has 138 valence electrons. The van der Waals surface area contributed by atoms with E-state index in [0.29, 0.717) is 24.0 Å². The van der Waals surface area contributed by atoms with Crippen LogP contribution in [-0.4, -0.2) is 24.8 Å². The van der Waals surface area contributed by atoms with E-state index in [-0.39, 0.29) is 18.2 Å². The lowest BCUT2D eigenvalue weighted by Crippen LogP contribution is -2.39. The first-order valence-corrected chi connectivity index (χ1v) is 9.93. The second-order valence-corrected chi connectivity index (χ2v) is 7.82. The summed E-state index contributed by atoms with van der Waals surface area (Å²) < 4.78 is 18.2. The van der Waals surface area contributed by atoms with Crippen LogP contribution in [0.15, 0.2) is 18.7 Å². The van der Waals surface area contributed by atoms with Crippen molar-refractivity contribution in [1.82, 2.24) is 0 Å². The summed E-state index contributed by atoms with van der Waals surface area (Å²) >= 11 is 2.18. The number of benzene rings is 1. The van der Waals surface area contributed by atoms with Gasteiger partial charge in [-0.15, -0.1) is 0 Å². The molecule has 1 fully saturated rings. The lowest BCUT2D eigenvalue weighted by Gasteiger charge is -2.33. The number of halogens is 1. The smallest absolute Gasteiger partial charge is 0.344 e. The summed E-state index contributed by atoms with van der Waals surface area (Å²) in [5, 5.41) is 0. The van der Waals surface area contributed by atoms with Crippen LogP contribution in [0.5, 0.6) is 11.5 Å². The molecule has 0 heterocycles. The van der Waals surface area contributed by atoms with Gasteiger partial charge in [-0.3, -0.25) is 0 Å². The van der Waals surface area contributed by atoms with Crippen LogP contribution >= 0.6 is 22.6 Å². The van der Waals surface area contributed by atoms with Crippen molar-refractivity contribution >= 4 is 34.6 Å². The molecule has 2 rings (SSSR count). The highest BCUT2D eigenvalue weighted by molar-refractivity contribution is 14.1. The first-order valence-electron chi connectivity index (χ1n) is 8.85. The van der Waals surface area contributed by atoms with Crippen LogP contribution in [-0.2, 0) is 9.53 Å². The molecule has 5 heteroatoms. The third-order valence-electron chi connectivity index (χ3n) is 4.72. The van der Waals surface area contributed by atoms with Crippen LogP contribution in [0.25, 0.3) is 6.08 Å². The standard InChI is InChI=1S/C20H27IO4/c1-5-15-11-16(21)19(17(12-15)23-6-2)24-13-18(22)25-20(14(3)4)9-7-8-10-20/h5,11-12,14H,1,6-10,13H2,2-4H3. The molecule has 0 unspecified atom stereocenters. The number of esters is 1. The van der Waals surface area contributed by atoms with E-state index in [1.807, 2.05) is 19.1 Å². The second-order valence-electron chi connectivity index (χ2n) is 6.66. The zero-order valence-electron chi connectivity index (χ0n) is 15.3. The maximum Gasteiger partial charge on any atom is 0.344 e. The molecule has 0 aromatic heterocycles. The van der Waals surface area contributed by atoms with Gasteiger partial charge in [0.15, 0.2) is 18.1 Å². The molecule has 0 N–H and O–H groups in total. The molecule has 0 atom stereocenters. The molecule has 0 amide bonds. The Morgan fingerprint density at radius 2 is 2.00 bits per heavy atom. The fourth-order valence-corrected chi connectivity index (χ4v) is 4.05. The van der Waals surface area contributed by atoms with Crippen LogP contribution in [0.4, 0.5) is 0 Å². The van der Waals surface area contributed by atoms with Gasteiger partial charge in [-0.25, -0.2) is 4.79 Å². The summed E-state index contributed by atoms with van der Waals surface area (Å²) in [4.78, 5) is 12.4. The Morgan fingerprint density at radius 3 is 2.56 bits per heavy atom. The molecule has 1 saturated carbocycles. The molecule has 1 aliphatic carbocycles. The number of rotatable bonds is 8. The molecule has 1 aliphatic rings. The molecule has 0 saturated heterocycles. The Labute approximate surface area is 164 Å². The van der Waals surface area contributed by atoms with Crippen molar-refractivity contribution in [3.05, 3.63) is 27.8 Å². The van der Waals surface area contributed by atoms with E-state index in [1.54, 1.807) is 6.08 Å². The summed E-state index contributed by atoms with van der Waals surface area (Å²) in [6.07, 6.45) is 5.86. The molecule has 0 aliphatic heterocycles. The minimum absolute atomic E-state index is 0.113. The van der Waals surface area contributed by atoms with Gasteiger partial charge in [0.2, 0.25) is 0 Å². The van der Waals surface area contributed by atoms with E-state index < -0.39 is 0 Å². The molecule has 0 radical (unpaired) electrons. The normalized spacial score (nSPS) is 15.9. The van der Waals surface area contributed by atoms with E-state index in [2.05, 4.69) is 43.0 Å². The van der Waals surface area contributed by atoms with Gasteiger partial charge >= 0.3 is 5.97 Å². The Bertz CT molecular complexity index is 618. The Hall–Kier alpha value is -1.24. The molecule has 4 nitrogen and oxygen atoms in total. The van der Waals surface area contributed by atoms with Gasteiger partial charge in [0.25, 0.3) is 0 Å². The summed E-state index contributed by atoms with van der Waals surface area (Å²) in [7, 11) is 0. The van der Waals surface area contributed by atoms with Gasteiger partial charge in [0.05, 0.1) is 10.2 Å². The Morgan fingerprint density at radius 1 is 1.32 bits per heavy atom. The Kier molecular flexibility index (Phi) is 7.16. The first-order chi connectivity index (χ1) is 11.9. The van der Waals surface area contributed by atoms with Gasteiger partial charge in [0, 0.05) is 0 Å². The monoisotopic (exact) mass is 458 g/mol.